The molecule has 0 radical (unpaired) electrons. The highest BCUT2D eigenvalue weighted by Gasteiger charge is 2.47. The zero-order chi connectivity index (χ0) is 30.4. The second-order valence-electron chi connectivity index (χ2n) is 9.91. The molecular weight excluding hydrogens is 531 g/mol. The summed E-state index contributed by atoms with van der Waals surface area (Å²) in [7, 11) is 0. The number of aryl methyl sites for hydroxylation is 2. The molecule has 0 unspecified atom stereocenters. The molecule has 2 aromatic heterocycles. The molecule has 0 amide bonds. The molecule has 1 aliphatic rings. The second kappa shape index (κ2) is 13.3. The number of ether oxygens (including phenoxy) is 1. The number of nitrogens with zero attached hydrogens (tertiary/aromatic N) is 4. The van der Waals surface area contributed by atoms with Crippen molar-refractivity contribution in [2.75, 3.05) is 18.5 Å². The average molecular weight is 570 g/mol. The van der Waals surface area contributed by atoms with E-state index < -0.39 is 35.4 Å². The minimum Gasteiger partial charge on any atom is -0.375 e. The number of nitriles is 1. The zero-order valence-electron chi connectivity index (χ0n) is 24.4. The van der Waals surface area contributed by atoms with Crippen LogP contribution in [0.4, 0.5) is 19.0 Å². The van der Waals surface area contributed by atoms with Crippen LogP contribution in [0.1, 0.15) is 81.9 Å². The van der Waals surface area contributed by atoms with Crippen molar-refractivity contribution in [1.29, 1.82) is 5.26 Å². The van der Waals surface area contributed by atoms with Crippen molar-refractivity contribution in [3.05, 3.63) is 75.6 Å². The Morgan fingerprint density at radius 1 is 1.32 bits per heavy atom. The smallest absolute Gasteiger partial charge is 0.298 e. The first kappa shape index (κ1) is 31.8. The summed E-state index contributed by atoms with van der Waals surface area (Å²) in [6, 6.07) is 7.05. The van der Waals surface area contributed by atoms with Crippen molar-refractivity contribution in [2.24, 2.45) is 0 Å². The van der Waals surface area contributed by atoms with Crippen LogP contribution >= 0.6 is 0 Å². The van der Waals surface area contributed by atoms with Gasteiger partial charge in [-0.3, -0.25) is 9.36 Å². The quantitative estimate of drug-likeness (QED) is 0.185. The summed E-state index contributed by atoms with van der Waals surface area (Å²) in [5, 5.41) is 13.5. The number of fused-ring (bicyclic) bond motifs is 1. The van der Waals surface area contributed by atoms with Crippen molar-refractivity contribution >= 4 is 16.9 Å². The molecule has 4 rings (SSSR count). The van der Waals surface area contributed by atoms with Crippen LogP contribution in [0.5, 0.6) is 0 Å². The number of alkyl halides is 2. The standard InChI is InChI=1S/C29H32F3N5O2.C2H6/c1-5-7-8-14-37-26-21(15-23(27(37)38)28(16-33)12-13-28)25(35-19(4)36-26)34-18(3)20-10-9-11-22(24(20)30)29(31,32)17-39-6-2;1-2/h5,9-11,15,18H,1,6-8,12-14,17H2,2-4H3,(H,34,35,36);1-2H3/t18-;/m1./s1. The van der Waals surface area contributed by atoms with Gasteiger partial charge in [0, 0.05) is 24.3 Å². The van der Waals surface area contributed by atoms with Gasteiger partial charge in [-0.15, -0.1) is 6.58 Å². The van der Waals surface area contributed by atoms with Gasteiger partial charge in [0.2, 0.25) is 0 Å². The van der Waals surface area contributed by atoms with Gasteiger partial charge in [-0.1, -0.05) is 32.1 Å². The molecule has 10 heteroatoms. The molecule has 0 bridgehead atoms. The predicted molar refractivity (Wildman–Crippen MR) is 155 cm³/mol. The van der Waals surface area contributed by atoms with Crippen molar-refractivity contribution in [3.63, 3.8) is 0 Å². The Bertz CT molecular complexity index is 1490. The number of unbranched alkanes of at least 4 members (excludes halogenated alkanes) is 1. The monoisotopic (exact) mass is 569 g/mol. The Morgan fingerprint density at radius 2 is 2.02 bits per heavy atom. The Morgan fingerprint density at radius 3 is 2.63 bits per heavy atom. The third-order valence-corrected chi connectivity index (χ3v) is 7.06. The summed E-state index contributed by atoms with van der Waals surface area (Å²) in [6.45, 7) is 12.2. The number of hydrogen-bond donors (Lipinski definition) is 1. The lowest BCUT2D eigenvalue weighted by atomic mass is 9.97. The van der Waals surface area contributed by atoms with Gasteiger partial charge in [-0.2, -0.15) is 14.0 Å². The van der Waals surface area contributed by atoms with Crippen LogP contribution in [0.25, 0.3) is 11.0 Å². The normalized spacial score (nSPS) is 14.5. The van der Waals surface area contributed by atoms with E-state index in [-0.39, 0.29) is 17.7 Å². The van der Waals surface area contributed by atoms with Gasteiger partial charge in [-0.25, -0.2) is 14.4 Å². The number of aromatic nitrogens is 3. The molecule has 1 fully saturated rings. The molecule has 1 saturated carbocycles. The van der Waals surface area contributed by atoms with Gasteiger partial charge < -0.3 is 10.1 Å². The van der Waals surface area contributed by atoms with Crippen molar-refractivity contribution in [3.8, 4) is 6.07 Å². The van der Waals surface area contributed by atoms with Crippen LogP contribution in [-0.2, 0) is 22.6 Å². The molecule has 0 spiro atoms. The molecule has 41 heavy (non-hydrogen) atoms. The van der Waals surface area contributed by atoms with Crippen molar-refractivity contribution in [2.45, 2.75) is 84.2 Å². The van der Waals surface area contributed by atoms with Gasteiger partial charge in [0.05, 0.1) is 28.5 Å². The minimum atomic E-state index is -3.50. The molecular formula is C31H38F3N5O2. The first-order valence-corrected chi connectivity index (χ1v) is 14.0. The number of rotatable bonds is 12. The third kappa shape index (κ3) is 6.62. The Hall–Kier alpha value is -3.71. The number of nitrogens with one attached hydrogen (secondary N) is 1. The minimum absolute atomic E-state index is 0.0308. The highest BCUT2D eigenvalue weighted by atomic mass is 19.3. The van der Waals surface area contributed by atoms with Gasteiger partial charge in [-0.05, 0) is 58.6 Å². The molecule has 0 aliphatic heterocycles. The highest BCUT2D eigenvalue weighted by Crippen LogP contribution is 2.47. The Labute approximate surface area is 239 Å². The highest BCUT2D eigenvalue weighted by molar-refractivity contribution is 5.88. The van der Waals surface area contributed by atoms with Crippen LogP contribution in [0, 0.1) is 24.1 Å². The van der Waals surface area contributed by atoms with Crippen LogP contribution in [0.15, 0.2) is 41.7 Å². The summed E-state index contributed by atoms with van der Waals surface area (Å²) in [4.78, 5) is 22.6. The maximum absolute atomic E-state index is 15.4. The molecule has 1 aliphatic carbocycles. The van der Waals surface area contributed by atoms with E-state index in [2.05, 4.69) is 27.9 Å². The van der Waals surface area contributed by atoms with E-state index in [9.17, 15) is 18.8 Å². The van der Waals surface area contributed by atoms with Crippen LogP contribution in [-0.4, -0.2) is 27.7 Å². The lowest BCUT2D eigenvalue weighted by Crippen LogP contribution is -2.29. The van der Waals surface area contributed by atoms with E-state index in [0.29, 0.717) is 60.5 Å². The summed E-state index contributed by atoms with van der Waals surface area (Å²) in [5.41, 5.74) is -1.06. The largest absolute Gasteiger partial charge is 0.375 e. The zero-order valence-corrected chi connectivity index (χ0v) is 24.4. The number of pyridine rings is 1. The van der Waals surface area contributed by atoms with E-state index in [4.69, 9.17) is 4.74 Å². The molecule has 2 heterocycles. The number of benzene rings is 1. The number of anilines is 1. The van der Waals surface area contributed by atoms with E-state index >= 15 is 4.39 Å². The topological polar surface area (TPSA) is 92.8 Å². The van der Waals surface area contributed by atoms with Gasteiger partial charge in [0.15, 0.2) is 0 Å². The molecule has 7 nitrogen and oxygen atoms in total. The van der Waals surface area contributed by atoms with E-state index in [1.807, 2.05) is 13.8 Å². The van der Waals surface area contributed by atoms with Crippen molar-refractivity contribution < 1.29 is 17.9 Å². The van der Waals surface area contributed by atoms with Gasteiger partial charge >= 0.3 is 0 Å². The van der Waals surface area contributed by atoms with Crippen LogP contribution < -0.4 is 10.9 Å². The second-order valence-corrected chi connectivity index (χ2v) is 9.91. The van der Waals surface area contributed by atoms with E-state index in [0.717, 1.165) is 6.07 Å². The molecule has 1 N–H and O–H groups in total. The van der Waals surface area contributed by atoms with Gasteiger partial charge in [0.25, 0.3) is 11.5 Å². The first-order chi connectivity index (χ1) is 19.6. The molecule has 1 aromatic carbocycles. The summed E-state index contributed by atoms with van der Waals surface area (Å²) in [5.74, 6) is -3.83. The lowest BCUT2D eigenvalue weighted by Gasteiger charge is -2.22. The van der Waals surface area contributed by atoms with Crippen molar-refractivity contribution in [1.82, 2.24) is 14.5 Å². The fourth-order valence-electron chi connectivity index (χ4n) is 4.73. The van der Waals surface area contributed by atoms with Crippen LogP contribution in [0.2, 0.25) is 0 Å². The molecule has 220 valence electrons. The maximum atomic E-state index is 15.4. The third-order valence-electron chi connectivity index (χ3n) is 7.06. The first-order valence-electron chi connectivity index (χ1n) is 14.0. The molecule has 3 aromatic rings. The fraction of sp³-hybridized carbons (Fsp3) is 0.484. The average Bonchev–Trinajstić information content (AvgIpc) is 3.75. The fourth-order valence-corrected chi connectivity index (χ4v) is 4.73. The van der Waals surface area contributed by atoms with E-state index in [1.54, 1.807) is 37.5 Å². The summed E-state index contributed by atoms with van der Waals surface area (Å²) >= 11 is 0. The SMILES string of the molecule is C=CCCCn1c(=O)c(C2(C#N)CC2)cc2c(N[C@H](C)c3cccc(C(F)(F)COCC)c3F)nc(C)nc21.CC. The number of allylic oxidation sites excluding steroid dienone is 1. The number of hydrogen-bond acceptors (Lipinski definition) is 6. The Kier molecular flexibility index (Phi) is 10.3. The predicted octanol–water partition coefficient (Wildman–Crippen LogP) is 7.09. The maximum Gasteiger partial charge on any atom is 0.298 e. The van der Waals surface area contributed by atoms with Gasteiger partial charge in [0.1, 0.15) is 29.7 Å². The lowest BCUT2D eigenvalue weighted by molar-refractivity contribution is -0.0824. The molecule has 1 atom stereocenters. The molecule has 0 saturated heterocycles. The van der Waals surface area contributed by atoms with Crippen LogP contribution in [0.3, 0.4) is 0 Å². The van der Waals surface area contributed by atoms with E-state index in [1.165, 1.54) is 12.1 Å². The Balaban J connectivity index is 0.00000226. The number of halogens is 3. The summed E-state index contributed by atoms with van der Waals surface area (Å²) in [6.07, 6.45) is 4.27. The summed E-state index contributed by atoms with van der Waals surface area (Å²) < 4.78 is 51.2.